The van der Waals surface area contributed by atoms with Crippen LogP contribution in [0.3, 0.4) is 0 Å². The van der Waals surface area contributed by atoms with Crippen LogP contribution < -0.4 is 14.9 Å². The van der Waals surface area contributed by atoms with E-state index >= 15 is 0 Å². The summed E-state index contributed by atoms with van der Waals surface area (Å²) in [5.74, 6) is 1.22. The molecule has 5 aromatic rings. The minimum atomic E-state index is -3.69. The monoisotopic (exact) mass is 583 g/mol. The van der Waals surface area contributed by atoms with E-state index in [0.717, 1.165) is 16.3 Å². The number of nitrogens with one attached hydrogen (secondary N) is 3. The summed E-state index contributed by atoms with van der Waals surface area (Å²) in [5, 5.41) is 10.5. The molecule has 0 spiro atoms. The highest BCUT2D eigenvalue weighted by Crippen LogP contribution is 2.36. The van der Waals surface area contributed by atoms with Gasteiger partial charge >= 0.3 is 0 Å². The van der Waals surface area contributed by atoms with Gasteiger partial charge in [0.25, 0.3) is 6.43 Å². The number of hydrogen-bond acceptors (Lipinski definition) is 10. The van der Waals surface area contributed by atoms with Crippen molar-refractivity contribution in [2.24, 2.45) is 7.05 Å². The number of anilines is 5. The highest BCUT2D eigenvalue weighted by molar-refractivity contribution is 7.92. The Balaban J connectivity index is 1.63. The van der Waals surface area contributed by atoms with Crippen molar-refractivity contribution in [3.8, 4) is 11.4 Å². The molecule has 0 unspecified atom stereocenters. The smallest absolute Gasteiger partial charge is 0.295 e. The average Bonchev–Trinajstić information content (AvgIpc) is 3.48. The molecule has 3 N–H and O–H groups in total. The third-order valence-electron chi connectivity index (χ3n) is 6.36. The van der Waals surface area contributed by atoms with E-state index in [2.05, 4.69) is 45.6 Å². The first kappa shape index (κ1) is 27.8. The van der Waals surface area contributed by atoms with Crippen molar-refractivity contribution in [2.75, 3.05) is 28.2 Å². The van der Waals surface area contributed by atoms with Crippen LogP contribution in [0.2, 0.25) is 0 Å². The Morgan fingerprint density at radius 1 is 0.976 bits per heavy atom. The Labute approximate surface area is 234 Å². The van der Waals surface area contributed by atoms with E-state index in [4.69, 9.17) is 0 Å². The fraction of sp³-hybridized carbons (Fsp3) is 0.280. The van der Waals surface area contributed by atoms with Crippen molar-refractivity contribution in [1.29, 1.82) is 0 Å². The Kier molecular flexibility index (Phi) is 7.02. The van der Waals surface area contributed by atoms with Crippen LogP contribution in [0.15, 0.2) is 30.5 Å². The van der Waals surface area contributed by atoms with Gasteiger partial charge in [0.05, 0.1) is 40.9 Å². The number of benzene rings is 1. The lowest BCUT2D eigenvalue weighted by atomic mass is 10.1. The molecule has 0 atom stereocenters. The van der Waals surface area contributed by atoms with E-state index in [1.807, 2.05) is 13.8 Å². The van der Waals surface area contributed by atoms with Gasteiger partial charge in [-0.15, -0.1) is 0 Å². The van der Waals surface area contributed by atoms with Gasteiger partial charge in [0.1, 0.15) is 23.0 Å². The lowest BCUT2D eigenvalue weighted by Crippen LogP contribution is -2.25. The molecular formula is C25H27F2N11O2S. The van der Waals surface area contributed by atoms with Gasteiger partial charge in [0.15, 0.2) is 17.3 Å². The molecule has 0 fully saturated rings. The van der Waals surface area contributed by atoms with Crippen LogP contribution in [0.1, 0.15) is 29.5 Å². The number of rotatable bonds is 8. The van der Waals surface area contributed by atoms with Crippen molar-refractivity contribution >= 4 is 49.9 Å². The second kappa shape index (κ2) is 10.3. The van der Waals surface area contributed by atoms with Crippen LogP contribution in [0.5, 0.6) is 0 Å². The van der Waals surface area contributed by atoms with Gasteiger partial charge in [-0.05, 0) is 39.0 Å². The van der Waals surface area contributed by atoms with Crippen molar-refractivity contribution < 1.29 is 17.2 Å². The molecule has 5 rings (SSSR count). The molecule has 0 bridgehead atoms. The number of aromatic nitrogens is 8. The minimum Gasteiger partial charge on any atom is -0.352 e. The van der Waals surface area contributed by atoms with Crippen LogP contribution in [0.4, 0.5) is 37.5 Å². The Morgan fingerprint density at radius 2 is 1.73 bits per heavy atom. The van der Waals surface area contributed by atoms with Crippen LogP contribution >= 0.6 is 0 Å². The summed E-state index contributed by atoms with van der Waals surface area (Å²) in [5.41, 5.74) is 3.27. The lowest BCUT2D eigenvalue weighted by molar-refractivity contribution is 0.142. The molecule has 214 valence electrons. The highest BCUT2D eigenvalue weighted by atomic mass is 32.2. The van der Waals surface area contributed by atoms with Crippen LogP contribution in [0, 0.1) is 20.8 Å². The van der Waals surface area contributed by atoms with Crippen LogP contribution in [-0.4, -0.2) is 61.4 Å². The molecule has 41 heavy (non-hydrogen) atoms. The Bertz CT molecular complexity index is 1890. The topological polar surface area (TPSA) is 160 Å². The van der Waals surface area contributed by atoms with Gasteiger partial charge in [-0.2, -0.15) is 5.10 Å². The number of pyridine rings is 1. The number of aryl methyl sites for hydroxylation is 4. The summed E-state index contributed by atoms with van der Waals surface area (Å²) in [6, 6.07) is 6.65. The third-order valence-corrected chi connectivity index (χ3v) is 7.55. The second-order valence-electron chi connectivity index (χ2n) is 9.42. The average molecular weight is 584 g/mol. The molecule has 13 nitrogen and oxygen atoms in total. The fourth-order valence-corrected chi connectivity index (χ4v) is 4.64. The quantitative estimate of drug-likeness (QED) is 0.240. The minimum absolute atomic E-state index is 0.0915. The van der Waals surface area contributed by atoms with Crippen molar-refractivity contribution in [3.05, 3.63) is 53.5 Å². The number of aromatic amines is 1. The molecule has 0 amide bonds. The number of H-pyrrole nitrogens is 1. The molecule has 0 saturated carbocycles. The molecule has 16 heteroatoms. The van der Waals surface area contributed by atoms with E-state index in [0.29, 0.717) is 40.1 Å². The molecule has 1 aromatic carbocycles. The van der Waals surface area contributed by atoms with Gasteiger partial charge in [0.2, 0.25) is 10.0 Å². The first-order valence-electron chi connectivity index (χ1n) is 12.3. The molecule has 0 aliphatic carbocycles. The maximum atomic E-state index is 13.6. The first-order chi connectivity index (χ1) is 19.3. The molecule has 0 aliphatic rings. The summed E-state index contributed by atoms with van der Waals surface area (Å²) in [6.45, 7) is 5.40. The SMILES string of the molecule is Cc1nc(-c2ccc(Nc3cc(Nc4cnc(C)c(C)n4)nc4[nH]c(C(F)F)nc34)c(N(C)S(C)(=O)=O)c2)n(C)n1. The number of alkyl halides is 2. The Morgan fingerprint density at radius 3 is 2.37 bits per heavy atom. The van der Waals surface area contributed by atoms with Gasteiger partial charge in [0, 0.05) is 25.7 Å². The van der Waals surface area contributed by atoms with E-state index in [9.17, 15) is 17.2 Å². The standard InChI is InChI=1S/C25H27F2N11O2S/c1-12-13(2)29-20(11-28-12)32-19-10-17(21-23(33-19)35-24(34-21)22(26)27)31-16-8-7-15(25-30-14(3)36-37(25)4)9-18(16)38(5)41(6,39)40/h7-11,22H,1-6H3,(H3,29,31,32,33,34,35). The summed E-state index contributed by atoms with van der Waals surface area (Å²) in [4.78, 5) is 24.2. The molecule has 0 saturated heterocycles. The van der Waals surface area contributed by atoms with Crippen molar-refractivity contribution in [1.82, 2.24) is 39.7 Å². The molecule has 0 aliphatic heterocycles. The third kappa shape index (κ3) is 5.63. The summed E-state index contributed by atoms with van der Waals surface area (Å²) in [7, 11) is -0.538. The fourth-order valence-electron chi connectivity index (χ4n) is 4.13. The zero-order valence-electron chi connectivity index (χ0n) is 23.0. The largest absolute Gasteiger partial charge is 0.352 e. The van der Waals surface area contributed by atoms with Crippen molar-refractivity contribution in [2.45, 2.75) is 27.2 Å². The summed E-state index contributed by atoms with van der Waals surface area (Å²) in [6.07, 6.45) is -0.249. The molecular weight excluding hydrogens is 556 g/mol. The van der Waals surface area contributed by atoms with Crippen molar-refractivity contribution in [3.63, 3.8) is 0 Å². The maximum absolute atomic E-state index is 13.6. The summed E-state index contributed by atoms with van der Waals surface area (Å²) >= 11 is 0. The van der Waals surface area contributed by atoms with Gasteiger partial charge in [-0.25, -0.2) is 41.8 Å². The van der Waals surface area contributed by atoms with E-state index in [1.54, 1.807) is 42.9 Å². The number of halogens is 2. The zero-order chi connectivity index (χ0) is 29.6. The number of imidazole rings is 1. The normalized spacial score (nSPS) is 11.8. The van der Waals surface area contributed by atoms with Gasteiger partial charge in [-0.3, -0.25) is 9.29 Å². The highest BCUT2D eigenvalue weighted by Gasteiger charge is 2.22. The lowest BCUT2D eigenvalue weighted by Gasteiger charge is -2.22. The zero-order valence-corrected chi connectivity index (χ0v) is 23.8. The maximum Gasteiger partial charge on any atom is 0.295 e. The van der Waals surface area contributed by atoms with Gasteiger partial charge < -0.3 is 15.6 Å². The predicted octanol–water partition coefficient (Wildman–Crippen LogP) is 4.29. The molecule has 4 heterocycles. The molecule has 4 aromatic heterocycles. The van der Waals surface area contributed by atoms with Crippen LogP contribution in [0.25, 0.3) is 22.6 Å². The number of nitrogens with zero attached hydrogens (tertiary/aromatic N) is 8. The number of fused-ring (bicyclic) bond motifs is 1. The first-order valence-corrected chi connectivity index (χ1v) is 14.1. The Hall–Kier alpha value is -4.73. The summed E-state index contributed by atoms with van der Waals surface area (Å²) < 4.78 is 55.0. The van der Waals surface area contributed by atoms with E-state index in [-0.39, 0.29) is 22.7 Å². The van der Waals surface area contributed by atoms with E-state index in [1.165, 1.54) is 13.2 Å². The second-order valence-corrected chi connectivity index (χ2v) is 11.4. The predicted molar refractivity (Wildman–Crippen MR) is 151 cm³/mol. The van der Waals surface area contributed by atoms with E-state index < -0.39 is 22.3 Å². The number of hydrogen-bond donors (Lipinski definition) is 3. The van der Waals surface area contributed by atoms with Crippen LogP contribution in [-0.2, 0) is 17.1 Å². The number of sulfonamides is 1. The molecule has 0 radical (unpaired) electrons. The van der Waals surface area contributed by atoms with Gasteiger partial charge in [-0.1, -0.05) is 0 Å².